The predicted molar refractivity (Wildman–Crippen MR) is 150 cm³/mol. The molecular weight excluding hydrogens is 548 g/mol. The van der Waals surface area contributed by atoms with Gasteiger partial charge in [0.05, 0.1) is 52.9 Å². The number of aromatic nitrogens is 4. The van der Waals surface area contributed by atoms with E-state index in [2.05, 4.69) is 43.9 Å². The molecule has 1 saturated heterocycles. The van der Waals surface area contributed by atoms with Crippen LogP contribution in [0.15, 0.2) is 18.3 Å². The first-order valence-corrected chi connectivity index (χ1v) is 13.3. The van der Waals surface area contributed by atoms with E-state index in [4.69, 9.17) is 11.6 Å². The van der Waals surface area contributed by atoms with Crippen molar-refractivity contribution in [2.24, 2.45) is 0 Å². The number of carboxylic acid groups (broad SMARTS) is 1. The number of rotatable bonds is 8. The number of anilines is 4. The summed E-state index contributed by atoms with van der Waals surface area (Å²) in [6.07, 6.45) is 2.89. The zero-order chi connectivity index (χ0) is 29.3. The highest BCUT2D eigenvalue weighted by Crippen LogP contribution is 2.38. The molecule has 0 spiro atoms. The SMILES string of the molecule is CN(CC#N)[C@H]1CN(c2cc(C#N)cc(Nc3nc(NC4CC4)c4ncc(C#N)n4n3)c2Cl)CC[C@@H]1N(C)C(=O)O. The Morgan fingerprint density at radius 2 is 1.98 bits per heavy atom. The molecule has 0 unspecified atom stereocenters. The van der Waals surface area contributed by atoms with E-state index in [-0.39, 0.29) is 36.3 Å². The Labute approximate surface area is 241 Å². The number of halogens is 1. The van der Waals surface area contributed by atoms with Crippen molar-refractivity contribution in [3.8, 4) is 18.2 Å². The first kappa shape index (κ1) is 27.7. The lowest BCUT2D eigenvalue weighted by molar-refractivity contribution is 0.0891. The fourth-order valence-electron chi connectivity index (χ4n) is 5.04. The molecule has 5 rings (SSSR count). The van der Waals surface area contributed by atoms with Crippen molar-refractivity contribution >= 4 is 46.5 Å². The number of hydrogen-bond acceptors (Lipinski definition) is 11. The van der Waals surface area contributed by atoms with Crippen molar-refractivity contribution in [1.82, 2.24) is 29.4 Å². The summed E-state index contributed by atoms with van der Waals surface area (Å²) >= 11 is 6.92. The summed E-state index contributed by atoms with van der Waals surface area (Å²) in [6.45, 7) is 0.982. The number of nitrogens with one attached hydrogen (secondary N) is 2. The Hall–Kier alpha value is -4.84. The smallest absolute Gasteiger partial charge is 0.407 e. The normalized spacial score (nSPS) is 18.4. The van der Waals surface area contributed by atoms with Crippen molar-refractivity contribution in [2.45, 2.75) is 37.4 Å². The minimum Gasteiger partial charge on any atom is -0.465 e. The van der Waals surface area contributed by atoms with Gasteiger partial charge in [-0.2, -0.15) is 25.3 Å². The van der Waals surface area contributed by atoms with Gasteiger partial charge in [0.15, 0.2) is 17.2 Å². The lowest BCUT2D eigenvalue weighted by Crippen LogP contribution is -2.60. The maximum Gasteiger partial charge on any atom is 0.407 e. The van der Waals surface area contributed by atoms with E-state index in [0.717, 1.165) is 12.8 Å². The lowest BCUT2D eigenvalue weighted by atomic mass is 9.96. The molecule has 1 amide bonds. The second-order valence-electron chi connectivity index (χ2n) is 10.1. The third kappa shape index (κ3) is 5.59. The molecule has 3 aromatic rings. The maximum absolute atomic E-state index is 11.7. The largest absolute Gasteiger partial charge is 0.465 e. The average Bonchev–Trinajstić information content (AvgIpc) is 3.69. The van der Waals surface area contributed by atoms with Gasteiger partial charge in [-0.3, -0.25) is 4.90 Å². The number of amides is 1. The van der Waals surface area contributed by atoms with Crippen LogP contribution < -0.4 is 15.5 Å². The van der Waals surface area contributed by atoms with Crippen LogP contribution >= 0.6 is 11.6 Å². The molecule has 2 aliphatic rings. The Kier molecular flexibility index (Phi) is 7.66. The second kappa shape index (κ2) is 11.3. The first-order chi connectivity index (χ1) is 19.7. The molecular formula is C26H27ClN12O2. The zero-order valence-electron chi connectivity index (χ0n) is 22.4. The number of carbonyl (C=O) groups is 1. The Morgan fingerprint density at radius 3 is 2.63 bits per heavy atom. The number of imidazole rings is 1. The Bertz CT molecular complexity index is 1620. The van der Waals surface area contributed by atoms with Gasteiger partial charge in [-0.05, 0) is 38.4 Å². The fourth-order valence-corrected chi connectivity index (χ4v) is 5.31. The van der Waals surface area contributed by atoms with Crippen molar-refractivity contribution in [3.05, 3.63) is 34.6 Å². The number of piperidine rings is 1. The summed E-state index contributed by atoms with van der Waals surface area (Å²) in [4.78, 5) is 25.7. The summed E-state index contributed by atoms with van der Waals surface area (Å²) in [5.74, 6) is 0.638. The molecule has 0 radical (unpaired) electrons. The third-order valence-corrected chi connectivity index (χ3v) is 7.79. The van der Waals surface area contributed by atoms with E-state index in [9.17, 15) is 25.7 Å². The van der Waals surface area contributed by atoms with Crippen LogP contribution in [0.2, 0.25) is 5.02 Å². The molecule has 210 valence electrons. The molecule has 0 bridgehead atoms. The van der Waals surface area contributed by atoms with Gasteiger partial charge in [0.2, 0.25) is 5.95 Å². The molecule has 2 aromatic heterocycles. The zero-order valence-corrected chi connectivity index (χ0v) is 23.2. The number of nitrogens with zero attached hydrogens (tertiary/aromatic N) is 10. The highest BCUT2D eigenvalue weighted by molar-refractivity contribution is 6.36. The monoisotopic (exact) mass is 574 g/mol. The second-order valence-corrected chi connectivity index (χ2v) is 10.5. The summed E-state index contributed by atoms with van der Waals surface area (Å²) in [6, 6.07) is 9.30. The molecule has 2 atom stereocenters. The molecule has 41 heavy (non-hydrogen) atoms. The molecule has 1 aliphatic carbocycles. The van der Waals surface area contributed by atoms with E-state index < -0.39 is 6.09 Å². The van der Waals surface area contributed by atoms with Gasteiger partial charge in [-0.15, -0.1) is 5.10 Å². The van der Waals surface area contributed by atoms with Gasteiger partial charge in [0, 0.05) is 32.2 Å². The highest BCUT2D eigenvalue weighted by atomic mass is 35.5. The van der Waals surface area contributed by atoms with Gasteiger partial charge in [-0.25, -0.2) is 9.78 Å². The quantitative estimate of drug-likeness (QED) is 0.334. The van der Waals surface area contributed by atoms with Gasteiger partial charge in [-0.1, -0.05) is 11.6 Å². The van der Waals surface area contributed by atoms with Crippen molar-refractivity contribution in [3.63, 3.8) is 0 Å². The lowest BCUT2D eigenvalue weighted by Gasteiger charge is -2.45. The van der Waals surface area contributed by atoms with Gasteiger partial charge >= 0.3 is 6.09 Å². The fraction of sp³-hybridized carbons (Fsp3) is 0.423. The Balaban J connectivity index is 1.49. The summed E-state index contributed by atoms with van der Waals surface area (Å²) in [7, 11) is 3.31. The standard InChI is InChI=1S/C26H27ClN12O2/c1-36(8-6-28)21-14-38(7-5-19(21)37(2)26(40)41)20-10-15(11-29)9-18(22(20)27)33-25-34-23(32-16-3-4-16)24-31-13-17(12-30)39(24)35-25/h9-10,13,16,19,21H,3-5,7-8,14H2,1-2H3,(H,40,41)(H2,32,33,34,35)/t19-,21-/m0/s1. The van der Waals surface area contributed by atoms with Crippen molar-refractivity contribution in [2.75, 3.05) is 49.3 Å². The van der Waals surface area contributed by atoms with E-state index in [1.54, 1.807) is 19.2 Å². The number of likely N-dealkylation sites (N-methyl/N-ethyl adjacent to an activating group) is 2. The van der Waals surface area contributed by atoms with Gasteiger partial charge < -0.3 is 25.5 Å². The van der Waals surface area contributed by atoms with Crippen LogP contribution in [0.1, 0.15) is 30.5 Å². The molecule has 14 nitrogen and oxygen atoms in total. The minimum absolute atomic E-state index is 0.122. The van der Waals surface area contributed by atoms with Crippen molar-refractivity contribution in [1.29, 1.82) is 15.8 Å². The van der Waals surface area contributed by atoms with Crippen LogP contribution in [0.5, 0.6) is 0 Å². The van der Waals surface area contributed by atoms with E-state index in [1.807, 2.05) is 9.80 Å². The van der Waals surface area contributed by atoms with Crippen LogP contribution in [0.25, 0.3) is 5.65 Å². The number of benzene rings is 1. The van der Waals surface area contributed by atoms with Crippen molar-refractivity contribution < 1.29 is 9.90 Å². The molecule has 2 fully saturated rings. The average molecular weight is 575 g/mol. The minimum atomic E-state index is -1.04. The number of nitriles is 3. The molecule has 1 aromatic carbocycles. The summed E-state index contributed by atoms with van der Waals surface area (Å²) in [5.41, 5.74) is 1.98. The molecule has 1 saturated carbocycles. The van der Waals surface area contributed by atoms with Gasteiger partial charge in [0.25, 0.3) is 0 Å². The third-order valence-electron chi connectivity index (χ3n) is 7.40. The maximum atomic E-state index is 11.7. The van der Waals surface area contributed by atoms with Crippen LogP contribution in [0.4, 0.5) is 27.9 Å². The van der Waals surface area contributed by atoms with E-state index in [0.29, 0.717) is 52.9 Å². The predicted octanol–water partition coefficient (Wildman–Crippen LogP) is 2.85. The topological polar surface area (TPSA) is 186 Å². The molecule has 3 heterocycles. The number of hydrogen-bond donors (Lipinski definition) is 3. The van der Waals surface area contributed by atoms with E-state index >= 15 is 0 Å². The Morgan fingerprint density at radius 1 is 1.20 bits per heavy atom. The molecule has 1 aliphatic heterocycles. The molecule has 3 N–H and O–H groups in total. The van der Waals surface area contributed by atoms with E-state index in [1.165, 1.54) is 22.7 Å². The summed E-state index contributed by atoms with van der Waals surface area (Å²) in [5, 5.41) is 49.5. The van der Waals surface area contributed by atoms with Gasteiger partial charge in [0.1, 0.15) is 6.07 Å². The first-order valence-electron chi connectivity index (χ1n) is 12.9. The van der Waals surface area contributed by atoms with Crippen LogP contribution in [0.3, 0.4) is 0 Å². The van der Waals surface area contributed by atoms with Crippen LogP contribution in [-0.4, -0.2) is 92.4 Å². The van der Waals surface area contributed by atoms with Crippen LogP contribution in [-0.2, 0) is 0 Å². The number of fused-ring (bicyclic) bond motifs is 1. The summed E-state index contributed by atoms with van der Waals surface area (Å²) < 4.78 is 1.41. The van der Waals surface area contributed by atoms with Crippen LogP contribution in [0, 0.1) is 34.0 Å². The molecule has 15 heteroatoms. The highest BCUT2D eigenvalue weighted by Gasteiger charge is 2.37.